The number of nitrogens with zero attached hydrogens (tertiary/aromatic N) is 1. The van der Waals surface area contributed by atoms with Crippen LogP contribution in [0.3, 0.4) is 0 Å². The van der Waals surface area contributed by atoms with Crippen molar-refractivity contribution in [2.24, 2.45) is 0 Å². The lowest BCUT2D eigenvalue weighted by atomic mass is 10.0. The molecular formula is C20H27N3O. The Hall–Kier alpha value is -1.91. The number of hydrogen-bond acceptors (Lipinski definition) is 3. The minimum atomic E-state index is 0.0204. The van der Waals surface area contributed by atoms with E-state index >= 15 is 0 Å². The van der Waals surface area contributed by atoms with Gasteiger partial charge in [-0.25, -0.2) is 0 Å². The summed E-state index contributed by atoms with van der Waals surface area (Å²) in [6, 6.07) is 15.2. The Balaban J connectivity index is 1.58. The molecule has 1 saturated heterocycles. The normalized spacial score (nSPS) is 20.0. The Morgan fingerprint density at radius 3 is 2.83 bits per heavy atom. The summed E-state index contributed by atoms with van der Waals surface area (Å²) < 4.78 is 0. The molecule has 0 aliphatic carbocycles. The molecule has 2 aromatic rings. The zero-order chi connectivity index (χ0) is 16.9. The fraction of sp³-hybridized carbons (Fsp3) is 0.450. The number of nitrogens with one attached hydrogen (secondary N) is 2. The fourth-order valence-electron chi connectivity index (χ4n) is 3.49. The van der Waals surface area contributed by atoms with Crippen molar-refractivity contribution in [3.63, 3.8) is 0 Å². The van der Waals surface area contributed by atoms with Gasteiger partial charge >= 0.3 is 0 Å². The van der Waals surface area contributed by atoms with Crippen LogP contribution in [0.1, 0.15) is 31.4 Å². The second-order valence-electron chi connectivity index (χ2n) is 6.76. The molecule has 4 heteroatoms. The summed E-state index contributed by atoms with van der Waals surface area (Å²) in [5.41, 5.74) is 1.15. The lowest BCUT2D eigenvalue weighted by molar-refractivity contribution is -0.123. The van der Waals surface area contributed by atoms with Crippen LogP contribution in [0.25, 0.3) is 10.8 Å². The number of hydrogen-bond donors (Lipinski definition) is 2. The van der Waals surface area contributed by atoms with Gasteiger partial charge in [-0.2, -0.15) is 0 Å². The molecule has 128 valence electrons. The first-order valence-corrected chi connectivity index (χ1v) is 8.83. The Morgan fingerprint density at radius 1 is 1.25 bits per heavy atom. The molecule has 2 atom stereocenters. The molecule has 0 bridgehead atoms. The number of carbonyl (C=O) groups excluding carboxylic acids is 1. The van der Waals surface area contributed by atoms with Gasteiger partial charge in [-0.05, 0) is 55.8 Å². The summed E-state index contributed by atoms with van der Waals surface area (Å²) in [5, 5.41) is 8.90. The van der Waals surface area contributed by atoms with E-state index in [1.54, 1.807) is 0 Å². The van der Waals surface area contributed by atoms with E-state index in [4.69, 9.17) is 0 Å². The Labute approximate surface area is 144 Å². The van der Waals surface area contributed by atoms with E-state index in [-0.39, 0.29) is 11.9 Å². The standard InChI is InChI=1S/C20H27N3O/c1-15(17-10-9-16-6-3-4-7-18(16)12-17)22-20(24)14-23-11-5-8-19(13-23)21-2/h3-4,6-7,9-10,12,15,19,21H,5,8,11,13-14H2,1-2H3,(H,22,24). The Morgan fingerprint density at radius 2 is 2.04 bits per heavy atom. The highest BCUT2D eigenvalue weighted by Crippen LogP contribution is 2.20. The summed E-state index contributed by atoms with van der Waals surface area (Å²) in [7, 11) is 2.00. The van der Waals surface area contributed by atoms with Crippen LogP contribution < -0.4 is 10.6 Å². The number of carbonyl (C=O) groups is 1. The van der Waals surface area contributed by atoms with Crippen LogP contribution in [0.5, 0.6) is 0 Å². The molecule has 1 heterocycles. The smallest absolute Gasteiger partial charge is 0.234 e. The number of benzene rings is 2. The van der Waals surface area contributed by atoms with Gasteiger partial charge in [0.05, 0.1) is 12.6 Å². The highest BCUT2D eigenvalue weighted by Gasteiger charge is 2.21. The summed E-state index contributed by atoms with van der Waals surface area (Å²) in [5.74, 6) is 0.104. The third-order valence-corrected chi connectivity index (χ3v) is 4.93. The molecule has 1 aliphatic rings. The van der Waals surface area contributed by atoms with Crippen molar-refractivity contribution in [1.29, 1.82) is 0 Å². The minimum absolute atomic E-state index is 0.0204. The highest BCUT2D eigenvalue weighted by molar-refractivity contribution is 5.83. The molecule has 4 nitrogen and oxygen atoms in total. The number of amides is 1. The molecule has 0 aromatic heterocycles. The summed E-state index contributed by atoms with van der Waals surface area (Å²) in [4.78, 5) is 14.6. The van der Waals surface area contributed by atoms with E-state index in [0.717, 1.165) is 25.1 Å². The topological polar surface area (TPSA) is 44.4 Å². The van der Waals surface area contributed by atoms with Crippen LogP contribution in [0.15, 0.2) is 42.5 Å². The average molecular weight is 325 g/mol. The molecule has 2 aromatic carbocycles. The summed E-state index contributed by atoms with van der Waals surface area (Å²) in [6.07, 6.45) is 2.35. The molecule has 1 amide bonds. The second kappa shape index (κ2) is 7.77. The van der Waals surface area contributed by atoms with Gasteiger partial charge in [0.2, 0.25) is 5.91 Å². The first-order chi connectivity index (χ1) is 11.7. The van der Waals surface area contributed by atoms with Crippen molar-refractivity contribution in [3.05, 3.63) is 48.0 Å². The predicted molar refractivity (Wildman–Crippen MR) is 99.0 cm³/mol. The third-order valence-electron chi connectivity index (χ3n) is 4.93. The average Bonchev–Trinajstić information content (AvgIpc) is 2.61. The molecular weight excluding hydrogens is 298 g/mol. The van der Waals surface area contributed by atoms with Crippen LogP contribution >= 0.6 is 0 Å². The van der Waals surface area contributed by atoms with E-state index in [0.29, 0.717) is 12.6 Å². The van der Waals surface area contributed by atoms with E-state index in [2.05, 4.69) is 52.8 Å². The third kappa shape index (κ3) is 4.13. The van der Waals surface area contributed by atoms with Gasteiger partial charge in [0.1, 0.15) is 0 Å². The number of piperidine rings is 1. The van der Waals surface area contributed by atoms with Crippen molar-refractivity contribution in [1.82, 2.24) is 15.5 Å². The maximum Gasteiger partial charge on any atom is 0.234 e. The Kier molecular flexibility index (Phi) is 5.48. The zero-order valence-electron chi connectivity index (χ0n) is 14.6. The van der Waals surface area contributed by atoms with Crippen molar-refractivity contribution < 1.29 is 4.79 Å². The summed E-state index contributed by atoms with van der Waals surface area (Å²) >= 11 is 0. The maximum absolute atomic E-state index is 12.4. The second-order valence-corrected chi connectivity index (χ2v) is 6.76. The van der Waals surface area contributed by atoms with Gasteiger partial charge in [0.25, 0.3) is 0 Å². The number of fused-ring (bicyclic) bond motifs is 1. The quantitative estimate of drug-likeness (QED) is 0.888. The number of likely N-dealkylation sites (tertiary alicyclic amines) is 1. The number of rotatable bonds is 5. The molecule has 0 radical (unpaired) electrons. The summed E-state index contributed by atoms with van der Waals surface area (Å²) in [6.45, 7) is 4.49. The van der Waals surface area contributed by atoms with Crippen LogP contribution in [-0.4, -0.2) is 43.5 Å². The molecule has 1 fully saturated rings. The maximum atomic E-state index is 12.4. The first-order valence-electron chi connectivity index (χ1n) is 8.83. The molecule has 2 N–H and O–H groups in total. The van der Waals surface area contributed by atoms with Gasteiger partial charge in [-0.1, -0.05) is 36.4 Å². The van der Waals surface area contributed by atoms with Crippen LogP contribution in [0, 0.1) is 0 Å². The van der Waals surface area contributed by atoms with Gasteiger partial charge < -0.3 is 10.6 Å². The minimum Gasteiger partial charge on any atom is -0.348 e. The monoisotopic (exact) mass is 325 g/mol. The van der Waals surface area contributed by atoms with E-state index in [1.165, 1.54) is 17.2 Å². The molecule has 2 unspecified atom stereocenters. The van der Waals surface area contributed by atoms with Crippen LogP contribution in [0.2, 0.25) is 0 Å². The first kappa shape index (κ1) is 16.9. The Bertz CT molecular complexity index is 700. The predicted octanol–water partition coefficient (Wildman–Crippen LogP) is 2.70. The molecule has 0 saturated carbocycles. The molecule has 24 heavy (non-hydrogen) atoms. The fourth-order valence-corrected chi connectivity index (χ4v) is 3.49. The van der Waals surface area contributed by atoms with E-state index < -0.39 is 0 Å². The van der Waals surface area contributed by atoms with Gasteiger partial charge in [0.15, 0.2) is 0 Å². The van der Waals surface area contributed by atoms with Gasteiger partial charge in [0, 0.05) is 12.6 Å². The van der Waals surface area contributed by atoms with Gasteiger partial charge in [-0.3, -0.25) is 9.69 Å². The van der Waals surface area contributed by atoms with E-state index in [9.17, 15) is 4.79 Å². The van der Waals surface area contributed by atoms with Crippen molar-refractivity contribution in [2.45, 2.75) is 31.8 Å². The highest BCUT2D eigenvalue weighted by atomic mass is 16.2. The molecule has 3 rings (SSSR count). The van der Waals surface area contributed by atoms with E-state index in [1.807, 2.05) is 19.2 Å². The van der Waals surface area contributed by atoms with Crippen molar-refractivity contribution in [2.75, 3.05) is 26.7 Å². The van der Waals surface area contributed by atoms with Gasteiger partial charge in [-0.15, -0.1) is 0 Å². The van der Waals surface area contributed by atoms with Crippen LogP contribution in [0.4, 0.5) is 0 Å². The zero-order valence-corrected chi connectivity index (χ0v) is 14.6. The lowest BCUT2D eigenvalue weighted by Gasteiger charge is -2.32. The SMILES string of the molecule is CNC1CCCN(CC(=O)NC(C)c2ccc3ccccc3c2)C1. The van der Waals surface area contributed by atoms with Crippen molar-refractivity contribution >= 4 is 16.7 Å². The lowest BCUT2D eigenvalue weighted by Crippen LogP contribution is -2.48. The molecule has 1 aliphatic heterocycles. The molecule has 0 spiro atoms. The van der Waals surface area contributed by atoms with Crippen LogP contribution in [-0.2, 0) is 4.79 Å². The number of likely N-dealkylation sites (N-methyl/N-ethyl adjacent to an activating group) is 1. The largest absolute Gasteiger partial charge is 0.348 e. The van der Waals surface area contributed by atoms with Crippen molar-refractivity contribution in [3.8, 4) is 0 Å².